The molecule has 0 aliphatic carbocycles. The van der Waals surface area contributed by atoms with Crippen LogP contribution in [0.5, 0.6) is 0 Å². The van der Waals surface area contributed by atoms with Crippen molar-refractivity contribution in [2.24, 2.45) is 34.7 Å². The van der Waals surface area contributed by atoms with E-state index >= 15 is 0 Å². The third kappa shape index (κ3) is 5.77. The zero-order chi connectivity index (χ0) is 25.8. The van der Waals surface area contributed by atoms with Gasteiger partial charge in [0.25, 0.3) is 0 Å². The Labute approximate surface area is 199 Å². The molecule has 1 aliphatic rings. The highest BCUT2D eigenvalue weighted by Crippen LogP contribution is 2.44. The molecule has 2 rings (SSSR count). The Hall–Kier alpha value is -2.91. The molecule has 0 radical (unpaired) electrons. The van der Waals surface area contributed by atoms with E-state index in [2.05, 4.69) is 15.0 Å². The summed E-state index contributed by atoms with van der Waals surface area (Å²) in [6.45, 7) is 13.9. The quantitative estimate of drug-likeness (QED) is 0.228. The molecule has 11 heteroatoms. The second kappa shape index (κ2) is 11.0. The van der Waals surface area contributed by atoms with Gasteiger partial charge in [-0.15, -0.1) is 0 Å². The zero-order valence-electron chi connectivity index (χ0n) is 21.1. The number of azide groups is 1. The first kappa shape index (κ1) is 27.3. The molecule has 0 spiro atoms. The largest absolute Gasteiger partial charge is 0.462 e. The van der Waals surface area contributed by atoms with Gasteiger partial charge in [0.15, 0.2) is 0 Å². The van der Waals surface area contributed by atoms with E-state index in [1.54, 1.807) is 33.8 Å². The minimum absolute atomic E-state index is 0.00318. The molecule has 0 N–H and O–H groups in total. The lowest BCUT2D eigenvalue weighted by atomic mass is 9.95. The van der Waals surface area contributed by atoms with E-state index < -0.39 is 60.0 Å². The lowest BCUT2D eigenvalue weighted by molar-refractivity contribution is -0.182. The van der Waals surface area contributed by atoms with Crippen molar-refractivity contribution in [3.05, 3.63) is 38.9 Å². The number of nitrogens with zero attached hydrogens (tertiary/aromatic N) is 5. The molecule has 1 fully saturated rings. The van der Waals surface area contributed by atoms with Crippen LogP contribution in [0.1, 0.15) is 60.4 Å². The third-order valence-corrected chi connectivity index (χ3v) is 6.56. The van der Waals surface area contributed by atoms with Crippen molar-refractivity contribution in [2.75, 3.05) is 6.61 Å². The summed E-state index contributed by atoms with van der Waals surface area (Å²) in [5, 5.41) is 3.81. The highest BCUT2D eigenvalue weighted by molar-refractivity contribution is 5.73. The van der Waals surface area contributed by atoms with E-state index in [-0.39, 0.29) is 11.8 Å². The monoisotopic (exact) mass is 477 g/mol. The summed E-state index contributed by atoms with van der Waals surface area (Å²) >= 11 is 0. The van der Waals surface area contributed by atoms with Crippen LogP contribution in [0, 0.1) is 36.5 Å². The average Bonchev–Trinajstić information content (AvgIpc) is 3.02. The molecule has 2 heterocycles. The number of rotatable bonds is 9. The van der Waals surface area contributed by atoms with Gasteiger partial charge in [0.05, 0.1) is 11.8 Å². The first-order valence-corrected chi connectivity index (χ1v) is 11.5. The molecule has 0 unspecified atom stereocenters. The number of aromatic nitrogens is 2. The maximum Gasteiger partial charge on any atom is 0.349 e. The van der Waals surface area contributed by atoms with Crippen molar-refractivity contribution in [3.8, 4) is 0 Å². The summed E-state index contributed by atoms with van der Waals surface area (Å²) in [6, 6.07) is 1.64. The minimum atomic E-state index is -1.86. The Balaban J connectivity index is 2.49. The van der Waals surface area contributed by atoms with Gasteiger partial charge in [-0.1, -0.05) is 53.6 Å². The van der Waals surface area contributed by atoms with Gasteiger partial charge in [0, 0.05) is 22.7 Å². The van der Waals surface area contributed by atoms with Crippen LogP contribution in [-0.2, 0) is 23.8 Å². The number of aryl methyl sites for hydroxylation is 1. The van der Waals surface area contributed by atoms with Gasteiger partial charge in [-0.05, 0) is 30.4 Å². The Bertz CT molecular complexity index is 1000. The maximum atomic E-state index is 12.9. The van der Waals surface area contributed by atoms with Gasteiger partial charge in [0.2, 0.25) is 5.72 Å². The van der Waals surface area contributed by atoms with E-state index in [0.717, 1.165) is 0 Å². The lowest BCUT2D eigenvalue weighted by Gasteiger charge is -2.31. The van der Waals surface area contributed by atoms with E-state index in [1.807, 2.05) is 27.7 Å². The van der Waals surface area contributed by atoms with Crippen molar-refractivity contribution in [1.29, 1.82) is 0 Å². The second-order valence-electron chi connectivity index (χ2n) is 9.69. The van der Waals surface area contributed by atoms with Crippen LogP contribution >= 0.6 is 0 Å². The van der Waals surface area contributed by atoms with Gasteiger partial charge in [-0.3, -0.25) is 14.2 Å². The van der Waals surface area contributed by atoms with Crippen LogP contribution in [0.4, 0.5) is 0 Å². The van der Waals surface area contributed by atoms with Gasteiger partial charge in [-0.25, -0.2) is 4.79 Å². The van der Waals surface area contributed by atoms with Crippen LogP contribution in [0.15, 0.2) is 22.2 Å². The molecule has 1 aromatic heterocycles. The fourth-order valence-corrected chi connectivity index (χ4v) is 3.53. The van der Waals surface area contributed by atoms with E-state index in [1.165, 1.54) is 10.8 Å². The van der Waals surface area contributed by atoms with Gasteiger partial charge in [-0.2, -0.15) is 4.98 Å². The topological polar surface area (TPSA) is 145 Å². The molecule has 6 atom stereocenters. The number of esters is 2. The van der Waals surface area contributed by atoms with Crippen molar-refractivity contribution >= 4 is 11.9 Å². The predicted molar refractivity (Wildman–Crippen MR) is 123 cm³/mol. The Morgan fingerprint density at radius 2 is 1.79 bits per heavy atom. The summed E-state index contributed by atoms with van der Waals surface area (Å²) in [7, 11) is 0. The van der Waals surface area contributed by atoms with Crippen LogP contribution in [-0.4, -0.2) is 39.9 Å². The summed E-state index contributed by atoms with van der Waals surface area (Å²) in [6.07, 6.45) is -0.572. The van der Waals surface area contributed by atoms with E-state index in [0.29, 0.717) is 5.69 Å². The van der Waals surface area contributed by atoms with Crippen LogP contribution < -0.4 is 5.69 Å². The first-order chi connectivity index (χ1) is 15.8. The molecule has 0 saturated carbocycles. The molecule has 188 valence electrons. The SMILES string of the molecule is Cc1ccn([C@@H]2O[C@@](COC(=O)[C@@H](C)C(C)C)(N=[N+]=[N-])[C@@H](OC(=O)[C@@H](C)C(C)C)[C@@H]2C)c(=O)n1. The van der Waals surface area contributed by atoms with Gasteiger partial charge >= 0.3 is 17.6 Å². The molecule has 1 aromatic rings. The standard InChI is InChI=1S/C23H35N5O6/c1-12(2)15(6)20(29)32-11-23(26-27-24)18(33-21(30)16(7)13(3)4)17(8)19(34-23)28-10-9-14(5)25-22(28)31/h9-10,12-13,15-19H,11H2,1-8H3/t15-,16-,17-,18-,19+,23+/m0/s1. The van der Waals surface area contributed by atoms with Crippen LogP contribution in [0.2, 0.25) is 0 Å². The lowest BCUT2D eigenvalue weighted by Crippen LogP contribution is -2.47. The normalized spacial score (nSPS) is 26.1. The molecule has 11 nitrogen and oxygen atoms in total. The minimum Gasteiger partial charge on any atom is -0.462 e. The molecule has 34 heavy (non-hydrogen) atoms. The van der Waals surface area contributed by atoms with E-state index in [4.69, 9.17) is 14.2 Å². The highest BCUT2D eigenvalue weighted by Gasteiger charge is 2.57. The number of carbonyl (C=O) groups is 2. The average molecular weight is 478 g/mol. The highest BCUT2D eigenvalue weighted by atomic mass is 16.6. The first-order valence-electron chi connectivity index (χ1n) is 11.5. The molecular formula is C23H35N5O6. The second-order valence-corrected chi connectivity index (χ2v) is 9.69. The molecule has 0 amide bonds. The predicted octanol–water partition coefficient (Wildman–Crippen LogP) is 3.76. The maximum absolute atomic E-state index is 12.9. The van der Waals surface area contributed by atoms with Crippen molar-refractivity contribution in [2.45, 2.75) is 73.4 Å². The number of carbonyl (C=O) groups excluding carboxylic acids is 2. The Kier molecular flexibility index (Phi) is 8.85. The number of ether oxygens (including phenoxy) is 3. The Morgan fingerprint density at radius 3 is 2.32 bits per heavy atom. The van der Waals surface area contributed by atoms with Crippen LogP contribution in [0.25, 0.3) is 10.4 Å². The zero-order valence-corrected chi connectivity index (χ0v) is 21.1. The van der Waals surface area contributed by atoms with Crippen LogP contribution in [0.3, 0.4) is 0 Å². The van der Waals surface area contributed by atoms with E-state index in [9.17, 15) is 19.9 Å². The molecule has 1 aliphatic heterocycles. The van der Waals surface area contributed by atoms with Crippen molar-refractivity contribution in [3.63, 3.8) is 0 Å². The fraction of sp³-hybridized carbons (Fsp3) is 0.739. The number of hydrogen-bond donors (Lipinski definition) is 0. The fourth-order valence-electron chi connectivity index (χ4n) is 3.53. The summed E-state index contributed by atoms with van der Waals surface area (Å²) < 4.78 is 18.6. The summed E-state index contributed by atoms with van der Waals surface area (Å²) in [5.74, 6) is -2.47. The third-order valence-electron chi connectivity index (χ3n) is 6.56. The Morgan fingerprint density at radius 1 is 1.21 bits per heavy atom. The molecule has 1 saturated heterocycles. The van der Waals surface area contributed by atoms with Gasteiger partial charge < -0.3 is 14.2 Å². The molecular weight excluding hydrogens is 442 g/mol. The number of hydrogen-bond acceptors (Lipinski definition) is 8. The van der Waals surface area contributed by atoms with Gasteiger partial charge in [0.1, 0.15) is 18.9 Å². The molecule has 0 aromatic carbocycles. The summed E-state index contributed by atoms with van der Waals surface area (Å²) in [4.78, 5) is 44.8. The van der Waals surface area contributed by atoms with Crippen molar-refractivity contribution in [1.82, 2.24) is 9.55 Å². The van der Waals surface area contributed by atoms with Crippen molar-refractivity contribution < 1.29 is 23.8 Å². The summed E-state index contributed by atoms with van der Waals surface area (Å²) in [5.41, 5.74) is 7.45. The molecule has 0 bridgehead atoms. The smallest absolute Gasteiger partial charge is 0.349 e.